The average Bonchev–Trinajstić information content (AvgIpc) is 2.61. The second kappa shape index (κ2) is 8.39. The van der Waals surface area contributed by atoms with Gasteiger partial charge in [-0.2, -0.15) is 5.26 Å². The quantitative estimate of drug-likeness (QED) is 0.484. The van der Waals surface area contributed by atoms with Crippen molar-refractivity contribution < 1.29 is 19.2 Å². The smallest absolute Gasteiger partial charge is 0.311 e. The van der Waals surface area contributed by atoms with Crippen molar-refractivity contribution in [2.45, 2.75) is 19.4 Å². The number of esters is 1. The first-order valence-electron chi connectivity index (χ1n) is 7.63. The number of ether oxygens (including phenoxy) is 1. The molecule has 0 bridgehead atoms. The lowest BCUT2D eigenvalue weighted by atomic mass is 10.1. The SMILES string of the molecule is C[C@H](OC(=O)Cc1ccccc1[N+](=O)[O-])C(=O)Nc1cccc(C#N)c1. The van der Waals surface area contributed by atoms with Crippen LogP contribution in [0, 0.1) is 21.4 Å². The normalized spacial score (nSPS) is 11.1. The van der Waals surface area contributed by atoms with Crippen molar-refractivity contribution in [3.8, 4) is 6.07 Å². The summed E-state index contributed by atoms with van der Waals surface area (Å²) >= 11 is 0. The standard InChI is InChI=1S/C18H15N3O5/c1-12(18(23)20-15-7-4-5-13(9-15)11-19)26-17(22)10-14-6-2-3-8-16(14)21(24)25/h2-9,12H,10H2,1H3,(H,20,23)/t12-/m0/s1. The van der Waals surface area contributed by atoms with Gasteiger partial charge in [0.15, 0.2) is 6.10 Å². The zero-order valence-electron chi connectivity index (χ0n) is 13.8. The van der Waals surface area contributed by atoms with Crippen LogP contribution in [0.15, 0.2) is 48.5 Å². The van der Waals surface area contributed by atoms with Crippen molar-refractivity contribution >= 4 is 23.3 Å². The number of nitrogens with zero attached hydrogens (tertiary/aromatic N) is 2. The molecule has 0 saturated carbocycles. The molecule has 0 saturated heterocycles. The van der Waals surface area contributed by atoms with Gasteiger partial charge in [-0.3, -0.25) is 19.7 Å². The molecule has 0 aromatic heterocycles. The van der Waals surface area contributed by atoms with E-state index in [1.165, 1.54) is 31.2 Å². The van der Waals surface area contributed by atoms with Crippen molar-refractivity contribution in [2.24, 2.45) is 0 Å². The van der Waals surface area contributed by atoms with Crippen LogP contribution in [0.25, 0.3) is 0 Å². The molecule has 8 nitrogen and oxygen atoms in total. The zero-order chi connectivity index (χ0) is 19.1. The molecule has 1 amide bonds. The highest BCUT2D eigenvalue weighted by molar-refractivity contribution is 5.95. The molecule has 0 aliphatic heterocycles. The Morgan fingerprint density at radius 3 is 2.69 bits per heavy atom. The van der Waals surface area contributed by atoms with E-state index in [4.69, 9.17) is 10.00 Å². The zero-order valence-corrected chi connectivity index (χ0v) is 13.8. The molecule has 2 rings (SSSR count). The molecular weight excluding hydrogens is 338 g/mol. The van der Waals surface area contributed by atoms with Crippen LogP contribution in [0.5, 0.6) is 0 Å². The number of nitriles is 1. The number of benzene rings is 2. The van der Waals surface area contributed by atoms with Gasteiger partial charge in [0.1, 0.15) is 0 Å². The number of carbonyl (C=O) groups is 2. The third-order valence-corrected chi connectivity index (χ3v) is 3.46. The molecule has 8 heteroatoms. The fourth-order valence-corrected chi connectivity index (χ4v) is 2.20. The first kappa shape index (κ1) is 18.6. The molecule has 0 unspecified atom stereocenters. The number of hydrogen-bond donors (Lipinski definition) is 1. The summed E-state index contributed by atoms with van der Waals surface area (Å²) in [6.07, 6.45) is -1.42. The Hall–Kier alpha value is -3.73. The second-order valence-corrected chi connectivity index (χ2v) is 5.38. The van der Waals surface area contributed by atoms with E-state index in [9.17, 15) is 19.7 Å². The van der Waals surface area contributed by atoms with Crippen LogP contribution in [0.2, 0.25) is 0 Å². The van der Waals surface area contributed by atoms with E-state index >= 15 is 0 Å². The Morgan fingerprint density at radius 2 is 2.00 bits per heavy atom. The maximum absolute atomic E-state index is 12.1. The number of nitro benzene ring substituents is 1. The Morgan fingerprint density at radius 1 is 1.27 bits per heavy atom. The summed E-state index contributed by atoms with van der Waals surface area (Å²) in [4.78, 5) is 34.5. The van der Waals surface area contributed by atoms with Crippen LogP contribution in [-0.4, -0.2) is 22.9 Å². The van der Waals surface area contributed by atoms with E-state index in [0.717, 1.165) is 0 Å². The molecule has 1 atom stereocenters. The third kappa shape index (κ3) is 4.88. The molecule has 1 N–H and O–H groups in total. The highest BCUT2D eigenvalue weighted by Crippen LogP contribution is 2.19. The molecule has 0 aliphatic carbocycles. The van der Waals surface area contributed by atoms with Gasteiger partial charge in [0.2, 0.25) is 0 Å². The molecule has 132 valence electrons. The largest absolute Gasteiger partial charge is 0.452 e. The molecule has 0 aliphatic rings. The van der Waals surface area contributed by atoms with Crippen LogP contribution < -0.4 is 5.32 Å². The fourth-order valence-electron chi connectivity index (χ4n) is 2.20. The first-order valence-corrected chi connectivity index (χ1v) is 7.63. The summed E-state index contributed by atoms with van der Waals surface area (Å²) < 4.78 is 5.04. The maximum Gasteiger partial charge on any atom is 0.311 e. The molecule has 0 heterocycles. The van der Waals surface area contributed by atoms with Gasteiger partial charge >= 0.3 is 5.97 Å². The number of carbonyl (C=O) groups excluding carboxylic acids is 2. The Kier molecular flexibility index (Phi) is 6.01. The van der Waals surface area contributed by atoms with Crippen LogP contribution in [0.3, 0.4) is 0 Å². The van der Waals surface area contributed by atoms with Crippen LogP contribution in [-0.2, 0) is 20.7 Å². The molecule has 0 spiro atoms. The fraction of sp³-hybridized carbons (Fsp3) is 0.167. The second-order valence-electron chi connectivity index (χ2n) is 5.38. The lowest BCUT2D eigenvalue weighted by Gasteiger charge is -2.13. The minimum Gasteiger partial charge on any atom is -0.452 e. The van der Waals surface area contributed by atoms with E-state index in [1.807, 2.05) is 6.07 Å². The Labute approximate surface area is 149 Å². The Bertz CT molecular complexity index is 888. The number of hydrogen-bond acceptors (Lipinski definition) is 6. The summed E-state index contributed by atoms with van der Waals surface area (Å²) in [6.45, 7) is 1.39. The van der Waals surface area contributed by atoms with Crippen LogP contribution in [0.4, 0.5) is 11.4 Å². The number of nitrogens with one attached hydrogen (secondary N) is 1. The van der Waals surface area contributed by atoms with Crippen molar-refractivity contribution in [2.75, 3.05) is 5.32 Å². The topological polar surface area (TPSA) is 122 Å². The van der Waals surface area contributed by atoms with Gasteiger partial charge in [0, 0.05) is 17.3 Å². The number of nitro groups is 1. The van der Waals surface area contributed by atoms with E-state index in [1.54, 1.807) is 24.3 Å². The van der Waals surface area contributed by atoms with Crippen LogP contribution >= 0.6 is 0 Å². The summed E-state index contributed by atoms with van der Waals surface area (Å²) in [6, 6.07) is 14.1. The first-order chi connectivity index (χ1) is 12.4. The summed E-state index contributed by atoms with van der Waals surface area (Å²) in [5.41, 5.74) is 0.797. The molecule has 0 radical (unpaired) electrons. The predicted octanol–water partition coefficient (Wildman–Crippen LogP) is 2.58. The van der Waals surface area contributed by atoms with Gasteiger partial charge in [-0.05, 0) is 25.1 Å². The number of para-hydroxylation sites is 1. The predicted molar refractivity (Wildman–Crippen MR) is 92.1 cm³/mol. The van der Waals surface area contributed by atoms with Crippen molar-refractivity contribution in [3.05, 3.63) is 69.8 Å². The number of anilines is 1. The molecule has 2 aromatic carbocycles. The Balaban J connectivity index is 1.97. The summed E-state index contributed by atoms with van der Waals surface area (Å²) in [5, 5.41) is 22.3. The highest BCUT2D eigenvalue weighted by atomic mass is 16.6. The van der Waals surface area contributed by atoms with Gasteiger partial charge < -0.3 is 10.1 Å². The molecule has 0 fully saturated rings. The van der Waals surface area contributed by atoms with E-state index in [-0.39, 0.29) is 17.7 Å². The minimum atomic E-state index is -1.10. The minimum absolute atomic E-state index is 0.185. The molecule has 26 heavy (non-hydrogen) atoms. The molecular formula is C18H15N3O5. The van der Waals surface area contributed by atoms with Crippen LogP contribution in [0.1, 0.15) is 18.1 Å². The van der Waals surface area contributed by atoms with E-state index in [0.29, 0.717) is 11.3 Å². The maximum atomic E-state index is 12.1. The van der Waals surface area contributed by atoms with Gasteiger partial charge in [-0.15, -0.1) is 0 Å². The summed E-state index contributed by atoms with van der Waals surface area (Å²) in [5.74, 6) is -1.33. The van der Waals surface area contributed by atoms with Gasteiger partial charge in [-0.25, -0.2) is 0 Å². The monoisotopic (exact) mass is 353 g/mol. The highest BCUT2D eigenvalue weighted by Gasteiger charge is 2.21. The van der Waals surface area contributed by atoms with Crippen molar-refractivity contribution in [1.29, 1.82) is 5.26 Å². The molecule has 2 aromatic rings. The van der Waals surface area contributed by atoms with Gasteiger partial charge in [-0.1, -0.05) is 24.3 Å². The average molecular weight is 353 g/mol. The lowest BCUT2D eigenvalue weighted by Crippen LogP contribution is -2.30. The third-order valence-electron chi connectivity index (χ3n) is 3.46. The van der Waals surface area contributed by atoms with Crippen molar-refractivity contribution in [1.82, 2.24) is 0 Å². The van der Waals surface area contributed by atoms with Crippen molar-refractivity contribution in [3.63, 3.8) is 0 Å². The van der Waals surface area contributed by atoms with Gasteiger partial charge in [0.05, 0.1) is 23.0 Å². The number of rotatable bonds is 6. The summed E-state index contributed by atoms with van der Waals surface area (Å²) in [7, 11) is 0. The van der Waals surface area contributed by atoms with E-state index in [2.05, 4.69) is 5.32 Å². The van der Waals surface area contributed by atoms with E-state index < -0.39 is 22.9 Å². The number of amides is 1. The lowest BCUT2D eigenvalue weighted by molar-refractivity contribution is -0.385. The van der Waals surface area contributed by atoms with Gasteiger partial charge in [0.25, 0.3) is 11.6 Å².